The summed E-state index contributed by atoms with van der Waals surface area (Å²) in [4.78, 5) is 12.5. The maximum absolute atomic E-state index is 12.4. The summed E-state index contributed by atoms with van der Waals surface area (Å²) in [5.41, 5.74) is 3.84. The Bertz CT molecular complexity index is 874. The normalized spacial score (nSPS) is 11.3. The van der Waals surface area contributed by atoms with Gasteiger partial charge in [-0.1, -0.05) is 29.8 Å². The third-order valence-corrected chi connectivity index (χ3v) is 5.52. The van der Waals surface area contributed by atoms with Crippen LogP contribution in [0.25, 0.3) is 0 Å². The molecule has 0 fully saturated rings. The lowest BCUT2D eigenvalue weighted by Crippen LogP contribution is -2.25. The molecule has 0 bridgehead atoms. The van der Waals surface area contributed by atoms with Gasteiger partial charge in [-0.15, -0.1) is 0 Å². The van der Waals surface area contributed by atoms with Crippen LogP contribution in [0.4, 0.5) is 0 Å². The first-order valence-electron chi connectivity index (χ1n) is 7.63. The van der Waals surface area contributed by atoms with Crippen molar-refractivity contribution >= 4 is 15.9 Å². The molecule has 1 amide bonds. The number of hydrogen-bond acceptors (Lipinski definition) is 3. The highest BCUT2D eigenvalue weighted by atomic mass is 32.2. The summed E-state index contributed by atoms with van der Waals surface area (Å²) in [6, 6.07) is 11.0. The van der Waals surface area contributed by atoms with Crippen molar-refractivity contribution in [2.75, 3.05) is 7.05 Å². The largest absolute Gasteiger partial charge is 0.348 e. The van der Waals surface area contributed by atoms with Gasteiger partial charge in [0.2, 0.25) is 10.0 Å². The molecule has 0 saturated carbocycles. The first-order valence-corrected chi connectivity index (χ1v) is 9.11. The molecule has 0 radical (unpaired) electrons. The third-order valence-electron chi connectivity index (χ3n) is 3.98. The van der Waals surface area contributed by atoms with Crippen molar-refractivity contribution in [3.8, 4) is 0 Å². The van der Waals surface area contributed by atoms with E-state index >= 15 is 0 Å². The van der Waals surface area contributed by atoms with Gasteiger partial charge in [0.25, 0.3) is 5.91 Å². The summed E-state index contributed by atoms with van der Waals surface area (Å²) < 4.78 is 26.5. The average Bonchev–Trinajstić information content (AvgIpc) is 2.54. The second kappa shape index (κ2) is 7.15. The van der Waals surface area contributed by atoms with Gasteiger partial charge in [-0.25, -0.2) is 13.1 Å². The number of carbonyl (C=O) groups is 1. The number of benzene rings is 2. The van der Waals surface area contributed by atoms with Gasteiger partial charge in [0.05, 0.1) is 4.90 Å². The molecule has 2 N–H and O–H groups in total. The summed E-state index contributed by atoms with van der Waals surface area (Å²) in [6.45, 7) is 5.90. The Labute approximate surface area is 143 Å². The number of aryl methyl sites for hydroxylation is 2. The summed E-state index contributed by atoms with van der Waals surface area (Å²) in [6.07, 6.45) is 0. The zero-order chi connectivity index (χ0) is 17.9. The van der Waals surface area contributed by atoms with E-state index in [9.17, 15) is 13.2 Å². The molecule has 2 rings (SSSR count). The van der Waals surface area contributed by atoms with E-state index in [1.165, 1.54) is 13.1 Å². The minimum absolute atomic E-state index is 0.130. The van der Waals surface area contributed by atoms with Crippen molar-refractivity contribution in [2.24, 2.45) is 0 Å². The van der Waals surface area contributed by atoms with Crippen LogP contribution in [-0.2, 0) is 16.6 Å². The van der Waals surface area contributed by atoms with Gasteiger partial charge < -0.3 is 5.32 Å². The van der Waals surface area contributed by atoms with Crippen molar-refractivity contribution < 1.29 is 13.2 Å². The van der Waals surface area contributed by atoms with Crippen molar-refractivity contribution in [2.45, 2.75) is 32.2 Å². The lowest BCUT2D eigenvalue weighted by atomic mass is 10.1. The van der Waals surface area contributed by atoms with Gasteiger partial charge in [-0.2, -0.15) is 0 Å². The molecule has 128 valence electrons. The van der Waals surface area contributed by atoms with Gasteiger partial charge in [-0.05, 0) is 56.6 Å². The predicted octanol–water partition coefficient (Wildman–Crippen LogP) is 2.45. The van der Waals surface area contributed by atoms with Crippen LogP contribution in [0.15, 0.2) is 41.3 Å². The van der Waals surface area contributed by atoms with Gasteiger partial charge >= 0.3 is 0 Å². The molecule has 0 aliphatic rings. The second-order valence-corrected chi connectivity index (χ2v) is 7.65. The fourth-order valence-electron chi connectivity index (χ4n) is 2.45. The first kappa shape index (κ1) is 18.2. The Morgan fingerprint density at radius 3 is 2.42 bits per heavy atom. The van der Waals surface area contributed by atoms with Crippen LogP contribution < -0.4 is 10.0 Å². The van der Waals surface area contributed by atoms with E-state index in [0.717, 1.165) is 16.7 Å². The van der Waals surface area contributed by atoms with Gasteiger partial charge in [0.1, 0.15) is 0 Å². The smallest absolute Gasteiger partial charge is 0.251 e. The fourth-order valence-corrected chi connectivity index (χ4v) is 3.52. The SMILES string of the molecule is CNS(=O)(=O)c1cc(C(=O)NCc2cccc(C)c2)cc(C)c1C. The maximum atomic E-state index is 12.4. The number of nitrogens with one attached hydrogen (secondary N) is 2. The van der Waals surface area contributed by atoms with Crippen LogP contribution in [0.2, 0.25) is 0 Å². The van der Waals surface area contributed by atoms with Gasteiger partial charge in [0.15, 0.2) is 0 Å². The molecule has 2 aromatic rings. The number of sulfonamides is 1. The van der Waals surface area contributed by atoms with E-state index in [4.69, 9.17) is 0 Å². The standard InChI is InChI=1S/C18H22N2O3S/c1-12-6-5-7-15(8-12)11-20-18(21)16-9-13(2)14(3)17(10-16)24(22,23)19-4/h5-10,19H,11H2,1-4H3,(H,20,21). The van der Waals surface area contributed by atoms with Crippen molar-refractivity contribution in [3.05, 3.63) is 64.2 Å². The molecule has 0 unspecified atom stereocenters. The second-order valence-electron chi connectivity index (χ2n) is 5.80. The third kappa shape index (κ3) is 4.01. The molecule has 0 atom stereocenters. The van der Waals surface area contributed by atoms with Crippen LogP contribution in [0.3, 0.4) is 0 Å². The Kier molecular flexibility index (Phi) is 5.41. The Morgan fingerprint density at radius 2 is 1.79 bits per heavy atom. The minimum atomic E-state index is -3.61. The predicted molar refractivity (Wildman–Crippen MR) is 94.5 cm³/mol. The van der Waals surface area contributed by atoms with E-state index in [2.05, 4.69) is 10.0 Å². The van der Waals surface area contributed by atoms with Crippen molar-refractivity contribution in [1.82, 2.24) is 10.0 Å². The number of amides is 1. The summed E-state index contributed by atoms with van der Waals surface area (Å²) >= 11 is 0. The molecule has 0 saturated heterocycles. The van der Waals surface area contributed by atoms with Gasteiger partial charge in [0, 0.05) is 12.1 Å². The number of carbonyl (C=O) groups excluding carboxylic acids is 1. The molecule has 0 aromatic heterocycles. The molecular formula is C18H22N2O3S. The average molecular weight is 346 g/mol. The van der Waals surface area contributed by atoms with E-state index in [0.29, 0.717) is 17.7 Å². The van der Waals surface area contributed by atoms with Crippen LogP contribution in [-0.4, -0.2) is 21.4 Å². The van der Waals surface area contributed by atoms with Crippen LogP contribution in [0.5, 0.6) is 0 Å². The van der Waals surface area contributed by atoms with E-state index in [1.807, 2.05) is 31.2 Å². The summed E-state index contributed by atoms with van der Waals surface area (Å²) in [7, 11) is -2.25. The minimum Gasteiger partial charge on any atom is -0.348 e. The van der Waals surface area contributed by atoms with Crippen LogP contribution in [0, 0.1) is 20.8 Å². The topological polar surface area (TPSA) is 75.3 Å². The van der Waals surface area contributed by atoms with Crippen LogP contribution >= 0.6 is 0 Å². The van der Waals surface area contributed by atoms with Gasteiger partial charge in [-0.3, -0.25) is 4.79 Å². The Morgan fingerprint density at radius 1 is 1.08 bits per heavy atom. The number of hydrogen-bond donors (Lipinski definition) is 2. The van der Waals surface area contributed by atoms with E-state index < -0.39 is 10.0 Å². The molecule has 2 aromatic carbocycles. The summed E-state index contributed by atoms with van der Waals surface area (Å²) in [5, 5.41) is 2.83. The number of rotatable bonds is 5. The highest BCUT2D eigenvalue weighted by molar-refractivity contribution is 7.89. The maximum Gasteiger partial charge on any atom is 0.251 e. The quantitative estimate of drug-likeness (QED) is 0.873. The van der Waals surface area contributed by atoms with E-state index in [1.54, 1.807) is 19.9 Å². The molecular weight excluding hydrogens is 324 g/mol. The molecule has 0 aliphatic carbocycles. The molecule has 0 heterocycles. The monoisotopic (exact) mass is 346 g/mol. The Balaban J connectivity index is 2.27. The molecule has 6 heteroatoms. The molecule has 0 spiro atoms. The zero-order valence-electron chi connectivity index (χ0n) is 14.3. The highest BCUT2D eigenvalue weighted by Crippen LogP contribution is 2.21. The summed E-state index contributed by atoms with van der Waals surface area (Å²) in [5.74, 6) is -0.299. The highest BCUT2D eigenvalue weighted by Gasteiger charge is 2.19. The lowest BCUT2D eigenvalue weighted by Gasteiger charge is -2.12. The van der Waals surface area contributed by atoms with E-state index in [-0.39, 0.29) is 10.8 Å². The molecule has 24 heavy (non-hydrogen) atoms. The zero-order valence-corrected chi connectivity index (χ0v) is 15.1. The Hall–Kier alpha value is -2.18. The lowest BCUT2D eigenvalue weighted by molar-refractivity contribution is 0.0950. The van der Waals surface area contributed by atoms with Crippen molar-refractivity contribution in [3.63, 3.8) is 0 Å². The fraction of sp³-hybridized carbons (Fsp3) is 0.278. The molecule has 5 nitrogen and oxygen atoms in total. The van der Waals surface area contributed by atoms with Crippen LogP contribution in [0.1, 0.15) is 32.6 Å². The van der Waals surface area contributed by atoms with Crippen molar-refractivity contribution in [1.29, 1.82) is 0 Å². The molecule has 0 aliphatic heterocycles. The first-order chi connectivity index (χ1) is 11.2.